The molecule has 7 nitrogen and oxygen atoms in total. The Morgan fingerprint density at radius 1 is 1.07 bits per heavy atom. The van der Waals surface area contributed by atoms with Crippen LogP contribution in [0, 0.1) is 6.92 Å². The van der Waals surface area contributed by atoms with E-state index in [1.54, 1.807) is 35.9 Å². The van der Waals surface area contributed by atoms with Crippen LogP contribution in [0.3, 0.4) is 0 Å². The zero-order chi connectivity index (χ0) is 21.1. The lowest BCUT2D eigenvalue weighted by Crippen LogP contribution is -2.21. The van der Waals surface area contributed by atoms with E-state index in [0.29, 0.717) is 22.8 Å². The lowest BCUT2D eigenvalue weighted by Gasteiger charge is -2.07. The van der Waals surface area contributed by atoms with E-state index in [4.69, 9.17) is 9.47 Å². The summed E-state index contributed by atoms with van der Waals surface area (Å²) in [7, 11) is 1.78. The second-order valence-electron chi connectivity index (χ2n) is 7.05. The molecule has 30 heavy (non-hydrogen) atoms. The molecule has 7 heteroatoms. The molecule has 2 heterocycles. The minimum atomic E-state index is -0.275. The van der Waals surface area contributed by atoms with Gasteiger partial charge in [0.1, 0.15) is 0 Å². The van der Waals surface area contributed by atoms with Gasteiger partial charge in [-0.3, -0.25) is 9.59 Å². The van der Waals surface area contributed by atoms with Gasteiger partial charge in [0, 0.05) is 18.3 Å². The molecular formula is C23H21N3O4. The molecule has 0 aliphatic carbocycles. The number of nitrogens with zero attached hydrogens (tertiary/aromatic N) is 2. The van der Waals surface area contributed by atoms with Gasteiger partial charge in [-0.2, -0.15) is 5.10 Å². The summed E-state index contributed by atoms with van der Waals surface area (Å²) in [5.41, 5.74) is 6.26. The van der Waals surface area contributed by atoms with E-state index in [1.165, 1.54) is 6.21 Å². The van der Waals surface area contributed by atoms with Gasteiger partial charge in [0.25, 0.3) is 0 Å². The highest BCUT2D eigenvalue weighted by Gasteiger charge is 2.16. The number of carbonyl (C=O) groups excluding carboxylic acids is 2. The van der Waals surface area contributed by atoms with Crippen molar-refractivity contribution in [2.24, 2.45) is 12.1 Å². The highest BCUT2D eigenvalue weighted by atomic mass is 16.7. The van der Waals surface area contributed by atoms with Crippen LogP contribution < -0.4 is 14.9 Å². The summed E-state index contributed by atoms with van der Waals surface area (Å²) in [4.78, 5) is 25.0. The Balaban J connectivity index is 1.38. The predicted molar refractivity (Wildman–Crippen MR) is 112 cm³/mol. The van der Waals surface area contributed by atoms with Crippen LogP contribution in [0.2, 0.25) is 0 Å². The van der Waals surface area contributed by atoms with E-state index in [9.17, 15) is 9.59 Å². The number of hydrazone groups is 1. The molecule has 4 rings (SSSR count). The Bertz CT molecular complexity index is 1130. The number of aromatic nitrogens is 1. The lowest BCUT2D eigenvalue weighted by atomic mass is 10.1. The fraction of sp³-hybridized carbons (Fsp3) is 0.174. The van der Waals surface area contributed by atoms with Gasteiger partial charge >= 0.3 is 0 Å². The number of hydrogen-bond acceptors (Lipinski definition) is 5. The number of benzene rings is 2. The van der Waals surface area contributed by atoms with E-state index in [1.807, 2.05) is 37.3 Å². The second-order valence-corrected chi connectivity index (χ2v) is 7.05. The van der Waals surface area contributed by atoms with Crippen molar-refractivity contribution in [1.82, 2.24) is 9.99 Å². The van der Waals surface area contributed by atoms with Gasteiger partial charge in [0.05, 0.1) is 18.3 Å². The summed E-state index contributed by atoms with van der Waals surface area (Å²) in [6.45, 7) is 2.18. The molecule has 0 saturated carbocycles. The first-order valence-corrected chi connectivity index (χ1v) is 9.49. The molecule has 1 aliphatic heterocycles. The largest absolute Gasteiger partial charge is 0.454 e. The van der Waals surface area contributed by atoms with Crippen molar-refractivity contribution < 1.29 is 19.1 Å². The van der Waals surface area contributed by atoms with Crippen LogP contribution in [-0.2, 0) is 18.3 Å². The maximum atomic E-state index is 12.7. The highest BCUT2D eigenvalue weighted by Crippen LogP contribution is 2.31. The summed E-state index contributed by atoms with van der Waals surface area (Å²) in [5, 5.41) is 3.99. The van der Waals surface area contributed by atoms with Gasteiger partial charge in [0.2, 0.25) is 18.5 Å². The van der Waals surface area contributed by atoms with E-state index in [0.717, 1.165) is 16.8 Å². The molecule has 152 valence electrons. The van der Waals surface area contributed by atoms with Crippen molar-refractivity contribution in [1.29, 1.82) is 0 Å². The minimum Gasteiger partial charge on any atom is -0.454 e. The molecule has 0 radical (unpaired) electrons. The zero-order valence-electron chi connectivity index (χ0n) is 16.7. The van der Waals surface area contributed by atoms with Crippen molar-refractivity contribution in [3.63, 3.8) is 0 Å². The van der Waals surface area contributed by atoms with Crippen LogP contribution >= 0.6 is 0 Å². The topological polar surface area (TPSA) is 81.9 Å². The predicted octanol–water partition coefficient (Wildman–Crippen LogP) is 2.99. The van der Waals surface area contributed by atoms with Crippen molar-refractivity contribution >= 4 is 17.9 Å². The number of amides is 1. The van der Waals surface area contributed by atoms with E-state index in [2.05, 4.69) is 10.5 Å². The standard InChI is InChI=1S/C23H21N3O4/c1-15-3-6-17(7-4-15)23(28)19-9-8-18(26(19)2)12-22(27)25-24-13-16-5-10-20-21(11-16)30-14-29-20/h3-11,13H,12,14H2,1-2H3,(H,25,27)/b24-13+. The smallest absolute Gasteiger partial charge is 0.245 e. The average Bonchev–Trinajstić information content (AvgIpc) is 3.34. The van der Waals surface area contributed by atoms with Crippen LogP contribution in [0.5, 0.6) is 11.5 Å². The Morgan fingerprint density at radius 3 is 2.63 bits per heavy atom. The summed E-state index contributed by atoms with van der Waals surface area (Å²) in [5.74, 6) is 0.989. The summed E-state index contributed by atoms with van der Waals surface area (Å²) in [6.07, 6.45) is 1.65. The zero-order valence-corrected chi connectivity index (χ0v) is 16.7. The molecular weight excluding hydrogens is 382 g/mol. The quantitative estimate of drug-likeness (QED) is 0.390. The molecule has 0 spiro atoms. The molecule has 1 N–H and O–H groups in total. The van der Waals surface area contributed by atoms with E-state index >= 15 is 0 Å². The van der Waals surface area contributed by atoms with Crippen LogP contribution in [0.15, 0.2) is 59.7 Å². The molecule has 1 aliphatic rings. The number of carbonyl (C=O) groups is 2. The first-order chi connectivity index (χ1) is 14.5. The molecule has 0 atom stereocenters. The van der Waals surface area contributed by atoms with Crippen molar-refractivity contribution in [3.8, 4) is 11.5 Å². The molecule has 3 aromatic rings. The maximum absolute atomic E-state index is 12.7. The lowest BCUT2D eigenvalue weighted by molar-refractivity contribution is -0.120. The highest BCUT2D eigenvalue weighted by molar-refractivity contribution is 6.08. The van der Waals surface area contributed by atoms with Gasteiger partial charge in [-0.15, -0.1) is 0 Å². The molecule has 2 aromatic carbocycles. The van der Waals surface area contributed by atoms with Crippen molar-refractivity contribution in [2.45, 2.75) is 13.3 Å². The Hall–Kier alpha value is -3.87. The number of aryl methyl sites for hydroxylation is 1. The van der Waals surface area contributed by atoms with Crippen molar-refractivity contribution in [3.05, 3.63) is 82.7 Å². The van der Waals surface area contributed by atoms with E-state index in [-0.39, 0.29) is 24.9 Å². The number of ether oxygens (including phenoxy) is 2. The van der Waals surface area contributed by atoms with Crippen LogP contribution in [0.4, 0.5) is 0 Å². The van der Waals surface area contributed by atoms with E-state index < -0.39 is 0 Å². The number of rotatable bonds is 6. The fourth-order valence-electron chi connectivity index (χ4n) is 3.19. The first-order valence-electron chi connectivity index (χ1n) is 9.49. The third-order valence-electron chi connectivity index (χ3n) is 4.91. The number of ketones is 1. The molecule has 0 bridgehead atoms. The molecule has 1 amide bonds. The van der Waals surface area contributed by atoms with Crippen molar-refractivity contribution in [2.75, 3.05) is 6.79 Å². The second kappa shape index (κ2) is 8.24. The van der Waals surface area contributed by atoms with Gasteiger partial charge < -0.3 is 14.0 Å². The van der Waals surface area contributed by atoms with Gasteiger partial charge in [-0.05, 0) is 42.8 Å². The fourth-order valence-corrected chi connectivity index (χ4v) is 3.19. The summed E-state index contributed by atoms with van der Waals surface area (Å²) in [6, 6.07) is 16.3. The molecule has 1 aromatic heterocycles. The Labute approximate surface area is 173 Å². The monoisotopic (exact) mass is 403 g/mol. The number of hydrogen-bond donors (Lipinski definition) is 1. The van der Waals surface area contributed by atoms with Crippen LogP contribution in [0.25, 0.3) is 0 Å². The number of fused-ring (bicyclic) bond motifs is 1. The van der Waals surface area contributed by atoms with Crippen LogP contribution in [-0.4, -0.2) is 29.3 Å². The maximum Gasteiger partial charge on any atom is 0.245 e. The Morgan fingerprint density at radius 2 is 1.83 bits per heavy atom. The third kappa shape index (κ3) is 4.10. The van der Waals surface area contributed by atoms with Gasteiger partial charge in [-0.1, -0.05) is 29.8 Å². The minimum absolute atomic E-state index is 0.0787. The van der Waals surface area contributed by atoms with Gasteiger partial charge in [-0.25, -0.2) is 5.43 Å². The molecule has 0 saturated heterocycles. The third-order valence-corrected chi connectivity index (χ3v) is 4.91. The molecule has 0 unspecified atom stereocenters. The summed E-state index contributed by atoms with van der Waals surface area (Å²) >= 11 is 0. The summed E-state index contributed by atoms with van der Waals surface area (Å²) < 4.78 is 12.3. The average molecular weight is 403 g/mol. The number of nitrogens with one attached hydrogen (secondary N) is 1. The normalized spacial score (nSPS) is 12.3. The van der Waals surface area contributed by atoms with Crippen LogP contribution in [0.1, 0.15) is 32.9 Å². The van der Waals surface area contributed by atoms with Gasteiger partial charge in [0.15, 0.2) is 11.5 Å². The molecule has 0 fully saturated rings. The first kappa shape index (κ1) is 19.4. The Kier molecular flexibility index (Phi) is 5.34. The SMILES string of the molecule is Cc1ccc(C(=O)c2ccc(CC(=O)N/N=C/c3ccc4c(c3)OCO4)n2C)cc1.